The molecule has 1 aromatic carbocycles. The number of piperidine rings is 1. The standard InChI is InChI=1S/C18H23ClN2O/c19-9-3-2-6-15-13-20-17-8-7-14(12-16(15)17)18(22)21-10-4-1-5-11-21/h7-8,12-13,20H,1-6,9-11H2. The number of nitrogens with one attached hydrogen (secondary N) is 1. The van der Waals surface area contributed by atoms with Gasteiger partial charge in [0, 0.05) is 41.6 Å². The number of unbranched alkanes of at least 4 members (excludes halogenated alkanes) is 1. The summed E-state index contributed by atoms with van der Waals surface area (Å²) in [5.74, 6) is 0.885. The van der Waals surface area contributed by atoms with Crippen molar-refractivity contribution in [3.63, 3.8) is 0 Å². The van der Waals surface area contributed by atoms with Gasteiger partial charge in [0.2, 0.25) is 0 Å². The molecule has 0 unspecified atom stereocenters. The number of likely N-dealkylation sites (tertiary alicyclic amines) is 1. The van der Waals surface area contributed by atoms with E-state index in [0.29, 0.717) is 5.88 Å². The van der Waals surface area contributed by atoms with Crippen LogP contribution in [-0.4, -0.2) is 34.8 Å². The van der Waals surface area contributed by atoms with Crippen LogP contribution in [0.5, 0.6) is 0 Å². The average molecular weight is 319 g/mol. The first-order chi connectivity index (χ1) is 10.8. The Morgan fingerprint density at radius 1 is 1.18 bits per heavy atom. The monoisotopic (exact) mass is 318 g/mol. The van der Waals surface area contributed by atoms with E-state index in [1.165, 1.54) is 17.4 Å². The molecule has 0 atom stereocenters. The van der Waals surface area contributed by atoms with Gasteiger partial charge in [-0.3, -0.25) is 4.79 Å². The second-order valence-corrected chi connectivity index (χ2v) is 6.45. The number of amides is 1. The molecule has 3 rings (SSSR count). The molecule has 1 amide bonds. The highest BCUT2D eigenvalue weighted by atomic mass is 35.5. The Kier molecular flexibility index (Phi) is 5.04. The minimum absolute atomic E-state index is 0.175. The molecule has 1 aromatic heterocycles. The molecule has 2 heterocycles. The van der Waals surface area contributed by atoms with Gasteiger partial charge in [0.1, 0.15) is 0 Å². The summed E-state index contributed by atoms with van der Waals surface area (Å²) in [5.41, 5.74) is 3.21. The Bertz CT molecular complexity index is 644. The van der Waals surface area contributed by atoms with E-state index in [1.54, 1.807) is 0 Å². The Hall–Kier alpha value is -1.48. The van der Waals surface area contributed by atoms with Gasteiger partial charge in [0.25, 0.3) is 5.91 Å². The average Bonchev–Trinajstić information content (AvgIpc) is 2.98. The fraction of sp³-hybridized carbons (Fsp3) is 0.500. The van der Waals surface area contributed by atoms with Crippen molar-refractivity contribution in [1.29, 1.82) is 0 Å². The van der Waals surface area contributed by atoms with Crippen LogP contribution in [0.2, 0.25) is 0 Å². The van der Waals surface area contributed by atoms with Gasteiger partial charge in [-0.15, -0.1) is 11.6 Å². The predicted octanol–water partition coefficient (Wildman–Crippen LogP) is 4.36. The normalized spacial score (nSPS) is 15.4. The molecule has 0 saturated carbocycles. The maximum atomic E-state index is 12.6. The van der Waals surface area contributed by atoms with Crippen molar-refractivity contribution >= 4 is 28.4 Å². The molecule has 1 aliphatic heterocycles. The van der Waals surface area contributed by atoms with Crippen LogP contribution in [0.25, 0.3) is 10.9 Å². The van der Waals surface area contributed by atoms with Crippen LogP contribution >= 0.6 is 11.6 Å². The quantitative estimate of drug-likeness (QED) is 0.645. The van der Waals surface area contributed by atoms with Gasteiger partial charge in [-0.1, -0.05) is 0 Å². The third-order valence-corrected chi connectivity index (χ3v) is 4.75. The van der Waals surface area contributed by atoms with Crippen molar-refractivity contribution in [1.82, 2.24) is 9.88 Å². The summed E-state index contributed by atoms with van der Waals surface area (Å²) >= 11 is 5.75. The van der Waals surface area contributed by atoms with E-state index in [2.05, 4.69) is 17.2 Å². The Morgan fingerprint density at radius 3 is 2.77 bits per heavy atom. The number of halogens is 1. The van der Waals surface area contributed by atoms with Crippen molar-refractivity contribution in [2.45, 2.75) is 38.5 Å². The number of aromatic amines is 1. The highest BCUT2D eigenvalue weighted by Gasteiger charge is 2.18. The molecule has 22 heavy (non-hydrogen) atoms. The lowest BCUT2D eigenvalue weighted by Gasteiger charge is -2.26. The molecule has 3 nitrogen and oxygen atoms in total. The van der Waals surface area contributed by atoms with Gasteiger partial charge in [-0.05, 0) is 62.3 Å². The second kappa shape index (κ2) is 7.19. The summed E-state index contributed by atoms with van der Waals surface area (Å²) in [6.45, 7) is 1.79. The van der Waals surface area contributed by atoms with Gasteiger partial charge in [-0.2, -0.15) is 0 Å². The maximum absolute atomic E-state index is 12.6. The number of nitrogens with zero attached hydrogens (tertiary/aromatic N) is 1. The van der Waals surface area contributed by atoms with Gasteiger partial charge in [0.15, 0.2) is 0 Å². The van der Waals surface area contributed by atoms with Crippen molar-refractivity contribution in [2.24, 2.45) is 0 Å². The number of aryl methyl sites for hydroxylation is 1. The van der Waals surface area contributed by atoms with Crippen molar-refractivity contribution in [3.8, 4) is 0 Å². The minimum atomic E-state index is 0.175. The minimum Gasteiger partial charge on any atom is -0.361 e. The summed E-state index contributed by atoms with van der Waals surface area (Å²) in [6, 6.07) is 6.02. The van der Waals surface area contributed by atoms with E-state index in [4.69, 9.17) is 11.6 Å². The van der Waals surface area contributed by atoms with Crippen LogP contribution in [0.4, 0.5) is 0 Å². The van der Waals surface area contributed by atoms with Gasteiger partial charge < -0.3 is 9.88 Å². The number of aromatic nitrogens is 1. The fourth-order valence-electron chi connectivity index (χ4n) is 3.21. The number of H-pyrrole nitrogens is 1. The number of carbonyl (C=O) groups excluding carboxylic acids is 1. The number of carbonyl (C=O) groups is 1. The van der Waals surface area contributed by atoms with E-state index in [1.807, 2.05) is 17.0 Å². The number of benzene rings is 1. The lowest BCUT2D eigenvalue weighted by molar-refractivity contribution is 0.0724. The molecular weight excluding hydrogens is 296 g/mol. The molecular formula is C18H23ClN2O. The lowest BCUT2D eigenvalue weighted by atomic mass is 10.0. The first-order valence-corrected chi connectivity index (χ1v) is 8.78. The topological polar surface area (TPSA) is 36.1 Å². The molecule has 1 N–H and O–H groups in total. The highest BCUT2D eigenvalue weighted by Crippen LogP contribution is 2.23. The number of alkyl halides is 1. The van der Waals surface area contributed by atoms with Crippen molar-refractivity contribution in [3.05, 3.63) is 35.5 Å². The molecule has 118 valence electrons. The maximum Gasteiger partial charge on any atom is 0.253 e. The summed E-state index contributed by atoms with van der Waals surface area (Å²) < 4.78 is 0. The Morgan fingerprint density at radius 2 is 2.00 bits per heavy atom. The zero-order valence-corrected chi connectivity index (χ0v) is 13.7. The number of hydrogen-bond donors (Lipinski definition) is 1. The third kappa shape index (κ3) is 3.30. The zero-order valence-electron chi connectivity index (χ0n) is 12.9. The van der Waals surface area contributed by atoms with Crippen LogP contribution in [0.15, 0.2) is 24.4 Å². The molecule has 0 spiro atoms. The second-order valence-electron chi connectivity index (χ2n) is 6.07. The summed E-state index contributed by atoms with van der Waals surface area (Å²) in [7, 11) is 0. The molecule has 1 fully saturated rings. The van der Waals surface area contributed by atoms with E-state index in [-0.39, 0.29) is 5.91 Å². The van der Waals surface area contributed by atoms with Crippen molar-refractivity contribution in [2.75, 3.05) is 19.0 Å². The largest absolute Gasteiger partial charge is 0.361 e. The summed E-state index contributed by atoms with van der Waals surface area (Å²) in [5, 5.41) is 1.18. The molecule has 1 aliphatic rings. The number of rotatable bonds is 5. The van der Waals surface area contributed by atoms with E-state index < -0.39 is 0 Å². The SMILES string of the molecule is O=C(c1ccc2[nH]cc(CCCCCl)c2c1)N1CCCCC1. The number of hydrogen-bond acceptors (Lipinski definition) is 1. The number of fused-ring (bicyclic) bond motifs is 1. The summed E-state index contributed by atoms with van der Waals surface area (Å²) in [4.78, 5) is 17.9. The molecule has 0 radical (unpaired) electrons. The summed E-state index contributed by atoms with van der Waals surface area (Å²) in [6.07, 6.45) is 8.68. The van der Waals surface area contributed by atoms with E-state index >= 15 is 0 Å². The Labute approximate surface area is 136 Å². The van der Waals surface area contributed by atoms with Gasteiger partial charge in [0.05, 0.1) is 0 Å². The molecule has 0 aliphatic carbocycles. The Balaban J connectivity index is 1.81. The zero-order chi connectivity index (χ0) is 15.4. The lowest BCUT2D eigenvalue weighted by Crippen LogP contribution is -2.35. The first kappa shape index (κ1) is 15.4. The molecule has 0 bridgehead atoms. The first-order valence-electron chi connectivity index (χ1n) is 8.25. The third-order valence-electron chi connectivity index (χ3n) is 4.49. The smallest absolute Gasteiger partial charge is 0.253 e. The molecule has 4 heteroatoms. The van der Waals surface area contributed by atoms with Crippen LogP contribution in [0.3, 0.4) is 0 Å². The van der Waals surface area contributed by atoms with Crippen LogP contribution < -0.4 is 0 Å². The van der Waals surface area contributed by atoms with E-state index in [9.17, 15) is 4.79 Å². The van der Waals surface area contributed by atoms with Crippen LogP contribution in [0.1, 0.15) is 48.0 Å². The van der Waals surface area contributed by atoms with Crippen LogP contribution in [-0.2, 0) is 6.42 Å². The van der Waals surface area contributed by atoms with E-state index in [0.717, 1.165) is 56.3 Å². The van der Waals surface area contributed by atoms with Gasteiger partial charge >= 0.3 is 0 Å². The van der Waals surface area contributed by atoms with Crippen molar-refractivity contribution < 1.29 is 4.79 Å². The highest BCUT2D eigenvalue weighted by molar-refractivity contribution is 6.17. The van der Waals surface area contributed by atoms with Crippen LogP contribution in [0, 0.1) is 0 Å². The predicted molar refractivity (Wildman–Crippen MR) is 91.7 cm³/mol. The fourth-order valence-corrected chi connectivity index (χ4v) is 3.40. The molecule has 1 saturated heterocycles. The molecule has 2 aromatic rings. The van der Waals surface area contributed by atoms with Gasteiger partial charge in [-0.25, -0.2) is 0 Å².